The number of carbonyl (C=O) groups is 1. The molecule has 0 spiro atoms. The monoisotopic (exact) mass is 433 g/mol. The molecule has 2 aromatic heterocycles. The number of hydrogen-bond acceptors (Lipinski definition) is 7. The third kappa shape index (κ3) is 3.56. The lowest BCUT2D eigenvalue weighted by Gasteiger charge is -2.44. The fourth-order valence-electron chi connectivity index (χ4n) is 5.38. The van der Waals surface area contributed by atoms with E-state index in [0.717, 1.165) is 37.1 Å². The number of fused-ring (bicyclic) bond motifs is 2. The number of ether oxygens (including phenoxy) is 1. The molecule has 3 fully saturated rings. The molecule has 2 unspecified atom stereocenters. The first-order valence-corrected chi connectivity index (χ1v) is 11.2. The van der Waals surface area contributed by atoms with Crippen molar-refractivity contribution in [1.82, 2.24) is 14.9 Å². The number of anilines is 1. The third-order valence-electron chi connectivity index (χ3n) is 7.27. The van der Waals surface area contributed by atoms with Crippen LogP contribution < -0.4 is 4.90 Å². The van der Waals surface area contributed by atoms with Gasteiger partial charge in [-0.25, -0.2) is 4.98 Å². The number of pyridine rings is 2. The number of rotatable bonds is 5. The lowest BCUT2D eigenvalue weighted by molar-refractivity contribution is -0.154. The Bertz CT molecular complexity index is 1050. The Balaban J connectivity index is 1.26. The zero-order chi connectivity index (χ0) is 22.3. The van der Waals surface area contributed by atoms with E-state index in [1.54, 1.807) is 24.5 Å². The number of aromatic hydroxyl groups is 1. The van der Waals surface area contributed by atoms with Crippen LogP contribution in [0, 0.1) is 17.2 Å². The highest BCUT2D eigenvalue weighted by Crippen LogP contribution is 2.45. The van der Waals surface area contributed by atoms with Crippen molar-refractivity contribution in [3.63, 3.8) is 0 Å². The average molecular weight is 434 g/mol. The van der Waals surface area contributed by atoms with Gasteiger partial charge in [-0.3, -0.25) is 9.78 Å². The summed E-state index contributed by atoms with van der Waals surface area (Å²) in [5.74, 6) is 1.44. The van der Waals surface area contributed by atoms with E-state index >= 15 is 0 Å². The average Bonchev–Trinajstić information content (AvgIpc) is 2.97. The molecule has 8 heteroatoms. The standard InChI is InChI=1S/C24H27N5O3/c1-16-7-19-13-28(14-21(16)29(19)22-4-3-17(9-25)10-27-22)23(31)15-32-24(5-2-6-24)18-8-20(30)12-26-11-18/h3-4,8,10-12,16,19,21,30H,2,5-7,13-15H2,1H3/t16-,19?,21?/m0/s1. The molecular weight excluding hydrogens is 406 g/mol. The molecule has 2 aromatic rings. The summed E-state index contributed by atoms with van der Waals surface area (Å²) in [6.45, 7) is 3.54. The van der Waals surface area contributed by atoms with Crippen molar-refractivity contribution in [1.29, 1.82) is 5.26 Å². The van der Waals surface area contributed by atoms with E-state index in [9.17, 15) is 9.90 Å². The van der Waals surface area contributed by atoms with E-state index < -0.39 is 5.60 Å². The van der Waals surface area contributed by atoms with Gasteiger partial charge in [0.1, 0.15) is 24.2 Å². The Hall–Kier alpha value is -3.18. The van der Waals surface area contributed by atoms with Gasteiger partial charge in [-0.15, -0.1) is 0 Å². The Morgan fingerprint density at radius 1 is 1.31 bits per heavy atom. The molecule has 166 valence electrons. The number of hydrogen-bond donors (Lipinski definition) is 1. The smallest absolute Gasteiger partial charge is 0.248 e. The van der Waals surface area contributed by atoms with Crippen LogP contribution in [0.1, 0.15) is 43.7 Å². The first kappa shape index (κ1) is 20.7. The predicted molar refractivity (Wildman–Crippen MR) is 117 cm³/mol. The number of aromatic nitrogens is 2. The van der Waals surface area contributed by atoms with E-state index in [0.29, 0.717) is 24.6 Å². The minimum atomic E-state index is -0.526. The van der Waals surface area contributed by atoms with E-state index in [1.807, 2.05) is 11.0 Å². The van der Waals surface area contributed by atoms with Crippen LogP contribution in [0.25, 0.3) is 0 Å². The highest BCUT2D eigenvalue weighted by molar-refractivity contribution is 5.78. The van der Waals surface area contributed by atoms with Crippen molar-refractivity contribution < 1.29 is 14.6 Å². The van der Waals surface area contributed by atoms with Gasteiger partial charge in [0.05, 0.1) is 23.4 Å². The number of nitrogens with zero attached hydrogens (tertiary/aromatic N) is 5. The van der Waals surface area contributed by atoms with Crippen LogP contribution in [0.5, 0.6) is 5.75 Å². The molecule has 4 heterocycles. The van der Waals surface area contributed by atoms with Crippen LogP contribution in [0.3, 0.4) is 0 Å². The molecule has 3 aliphatic rings. The summed E-state index contributed by atoms with van der Waals surface area (Å²) in [5, 5.41) is 18.8. The van der Waals surface area contributed by atoms with Crippen LogP contribution in [-0.2, 0) is 15.1 Å². The van der Waals surface area contributed by atoms with Gasteiger partial charge in [-0.2, -0.15) is 5.26 Å². The SMILES string of the molecule is C[C@H]1CC2CN(C(=O)COC3(c4cncc(O)c4)CCC3)CC1N2c1ccc(C#N)cn1. The zero-order valence-electron chi connectivity index (χ0n) is 18.1. The maximum absolute atomic E-state index is 13.1. The lowest BCUT2D eigenvalue weighted by atomic mass is 9.75. The van der Waals surface area contributed by atoms with E-state index in [1.165, 1.54) is 6.20 Å². The molecule has 1 saturated carbocycles. The van der Waals surface area contributed by atoms with Crippen molar-refractivity contribution >= 4 is 11.7 Å². The number of carbonyl (C=O) groups excluding carboxylic acids is 1. The first-order chi connectivity index (χ1) is 15.5. The maximum atomic E-state index is 13.1. The summed E-state index contributed by atoms with van der Waals surface area (Å²) >= 11 is 0. The Labute approximate surface area is 187 Å². The highest BCUT2D eigenvalue weighted by atomic mass is 16.5. The number of amides is 1. The van der Waals surface area contributed by atoms with Gasteiger partial charge in [-0.05, 0) is 49.8 Å². The normalized spacial score (nSPS) is 25.8. The summed E-state index contributed by atoms with van der Waals surface area (Å²) in [6, 6.07) is 7.90. The Morgan fingerprint density at radius 3 is 2.78 bits per heavy atom. The molecule has 8 nitrogen and oxygen atoms in total. The van der Waals surface area contributed by atoms with Crippen LogP contribution in [0.15, 0.2) is 36.8 Å². The molecular formula is C24H27N5O3. The molecule has 32 heavy (non-hydrogen) atoms. The van der Waals surface area contributed by atoms with Crippen LogP contribution in [0.2, 0.25) is 0 Å². The van der Waals surface area contributed by atoms with Gasteiger partial charge >= 0.3 is 0 Å². The van der Waals surface area contributed by atoms with Crippen molar-refractivity contribution in [2.45, 2.75) is 50.3 Å². The Morgan fingerprint density at radius 2 is 2.16 bits per heavy atom. The van der Waals surface area contributed by atoms with Gasteiger partial charge in [0.25, 0.3) is 0 Å². The topological polar surface area (TPSA) is 103 Å². The van der Waals surface area contributed by atoms with Crippen LogP contribution >= 0.6 is 0 Å². The number of nitriles is 1. The summed E-state index contributed by atoms with van der Waals surface area (Å²) in [7, 11) is 0. The van der Waals surface area contributed by atoms with Crippen molar-refractivity contribution in [2.75, 3.05) is 24.6 Å². The second-order valence-corrected chi connectivity index (χ2v) is 9.23. The number of likely N-dealkylation sites (tertiary alicyclic amines) is 1. The fourth-order valence-corrected chi connectivity index (χ4v) is 5.38. The van der Waals surface area contributed by atoms with Gasteiger partial charge in [-0.1, -0.05) is 6.92 Å². The predicted octanol–water partition coefficient (Wildman–Crippen LogP) is 2.58. The largest absolute Gasteiger partial charge is 0.506 e. The molecule has 5 rings (SSSR count). The zero-order valence-corrected chi connectivity index (χ0v) is 18.1. The van der Waals surface area contributed by atoms with Crippen molar-refractivity contribution in [3.05, 3.63) is 47.9 Å². The molecule has 1 N–H and O–H groups in total. The summed E-state index contributed by atoms with van der Waals surface area (Å²) in [5.41, 5.74) is 0.857. The number of piperazine rings is 1. The fraction of sp³-hybridized carbons (Fsp3) is 0.500. The molecule has 3 atom stereocenters. The molecule has 1 amide bonds. The van der Waals surface area contributed by atoms with Gasteiger partial charge < -0.3 is 19.6 Å². The minimum absolute atomic E-state index is 0.000856. The quantitative estimate of drug-likeness (QED) is 0.773. The van der Waals surface area contributed by atoms with Gasteiger partial charge in [0.15, 0.2) is 0 Å². The second-order valence-electron chi connectivity index (χ2n) is 9.23. The van der Waals surface area contributed by atoms with Gasteiger partial charge in [0, 0.05) is 37.1 Å². The maximum Gasteiger partial charge on any atom is 0.248 e. The first-order valence-electron chi connectivity index (χ1n) is 11.2. The Kier molecular flexibility index (Phi) is 5.22. The summed E-state index contributed by atoms with van der Waals surface area (Å²) in [4.78, 5) is 25.9. The van der Waals surface area contributed by atoms with Crippen LogP contribution in [0.4, 0.5) is 5.82 Å². The van der Waals surface area contributed by atoms with E-state index in [2.05, 4.69) is 27.9 Å². The summed E-state index contributed by atoms with van der Waals surface area (Å²) < 4.78 is 6.18. The molecule has 0 radical (unpaired) electrons. The van der Waals surface area contributed by atoms with Crippen LogP contribution in [-0.4, -0.2) is 57.7 Å². The van der Waals surface area contributed by atoms with E-state index in [4.69, 9.17) is 10.00 Å². The van der Waals surface area contributed by atoms with Crippen molar-refractivity contribution in [2.24, 2.45) is 5.92 Å². The molecule has 2 saturated heterocycles. The molecule has 1 aliphatic carbocycles. The molecule has 0 aromatic carbocycles. The molecule has 2 aliphatic heterocycles. The minimum Gasteiger partial charge on any atom is -0.506 e. The van der Waals surface area contributed by atoms with Crippen molar-refractivity contribution in [3.8, 4) is 11.8 Å². The lowest BCUT2D eigenvalue weighted by Crippen LogP contribution is -2.57. The summed E-state index contributed by atoms with van der Waals surface area (Å²) in [6.07, 6.45) is 8.42. The molecule has 2 bridgehead atoms. The second kappa shape index (κ2) is 8.06. The third-order valence-corrected chi connectivity index (χ3v) is 7.27. The van der Waals surface area contributed by atoms with E-state index in [-0.39, 0.29) is 30.3 Å². The highest BCUT2D eigenvalue weighted by Gasteiger charge is 2.47. The van der Waals surface area contributed by atoms with Gasteiger partial charge in [0.2, 0.25) is 5.91 Å².